The molecule has 0 saturated heterocycles. The highest BCUT2D eigenvalue weighted by molar-refractivity contribution is 5.84. The van der Waals surface area contributed by atoms with Crippen LogP contribution < -0.4 is 5.11 Å². The van der Waals surface area contributed by atoms with Gasteiger partial charge in [0.2, 0.25) is 0 Å². The number of nitro benzene ring substituents is 2. The second-order valence-electron chi connectivity index (χ2n) is 4.84. The summed E-state index contributed by atoms with van der Waals surface area (Å²) in [7, 11) is 0. The Morgan fingerprint density at radius 1 is 1.04 bits per heavy atom. The van der Waals surface area contributed by atoms with Crippen molar-refractivity contribution in [3.8, 4) is 5.75 Å². The molecule has 1 N–H and O–H groups in total. The number of rotatable bonds is 6. The third kappa shape index (κ3) is 4.11. The summed E-state index contributed by atoms with van der Waals surface area (Å²) >= 11 is 0. The van der Waals surface area contributed by atoms with Gasteiger partial charge in [-0.25, -0.2) is 0 Å². The van der Waals surface area contributed by atoms with E-state index >= 15 is 0 Å². The predicted molar refractivity (Wildman–Crippen MR) is 83.1 cm³/mol. The molecule has 0 fully saturated rings. The largest absolute Gasteiger partial charge is 0.872 e. The first-order chi connectivity index (χ1) is 11.4. The van der Waals surface area contributed by atoms with Crippen molar-refractivity contribution in [2.45, 2.75) is 6.10 Å². The molecule has 0 aliphatic carbocycles. The normalized spacial score (nSPS) is 12.2. The smallest absolute Gasteiger partial charge is 0.270 e. The molecule has 2 rings (SSSR count). The molecule has 0 radical (unpaired) electrons. The fourth-order valence-corrected chi connectivity index (χ4v) is 1.92. The number of non-ortho nitro benzene ring substituents is 2. The van der Waals surface area contributed by atoms with Crippen molar-refractivity contribution in [2.75, 3.05) is 6.54 Å². The number of nitro groups is 2. The van der Waals surface area contributed by atoms with Crippen molar-refractivity contribution in [3.63, 3.8) is 0 Å². The van der Waals surface area contributed by atoms with Crippen LogP contribution in [0.2, 0.25) is 0 Å². The molecule has 9 heteroatoms. The lowest BCUT2D eigenvalue weighted by Crippen LogP contribution is -2.03. The minimum atomic E-state index is -1.02. The Balaban J connectivity index is 2.06. The zero-order valence-corrected chi connectivity index (χ0v) is 12.2. The monoisotopic (exact) mass is 330 g/mol. The molecule has 0 amide bonds. The van der Waals surface area contributed by atoms with Crippen molar-refractivity contribution in [2.24, 2.45) is 4.99 Å². The maximum Gasteiger partial charge on any atom is 0.270 e. The van der Waals surface area contributed by atoms with Crippen LogP contribution in [0.25, 0.3) is 0 Å². The number of aliphatic hydroxyl groups excluding tert-OH is 1. The van der Waals surface area contributed by atoms with Gasteiger partial charge in [-0.05, 0) is 23.3 Å². The van der Waals surface area contributed by atoms with Crippen molar-refractivity contribution in [3.05, 3.63) is 73.8 Å². The third-order valence-electron chi connectivity index (χ3n) is 3.20. The van der Waals surface area contributed by atoms with Crippen LogP contribution in [0, 0.1) is 20.2 Å². The van der Waals surface area contributed by atoms with Crippen molar-refractivity contribution in [1.29, 1.82) is 0 Å². The molecule has 0 aromatic heterocycles. The molecular weight excluding hydrogens is 318 g/mol. The van der Waals surface area contributed by atoms with Crippen LogP contribution in [-0.2, 0) is 0 Å². The van der Waals surface area contributed by atoms with Gasteiger partial charge in [-0.2, -0.15) is 0 Å². The average Bonchev–Trinajstić information content (AvgIpc) is 2.56. The summed E-state index contributed by atoms with van der Waals surface area (Å²) in [5.41, 5.74) is 0.147. The molecule has 124 valence electrons. The number of aliphatic hydroxyl groups is 1. The summed E-state index contributed by atoms with van der Waals surface area (Å²) < 4.78 is 0. The van der Waals surface area contributed by atoms with Gasteiger partial charge in [-0.3, -0.25) is 25.2 Å². The zero-order valence-electron chi connectivity index (χ0n) is 12.2. The van der Waals surface area contributed by atoms with Crippen LogP contribution in [0.5, 0.6) is 5.75 Å². The van der Waals surface area contributed by atoms with E-state index in [1.54, 1.807) is 0 Å². The molecule has 0 unspecified atom stereocenters. The van der Waals surface area contributed by atoms with E-state index < -0.39 is 21.7 Å². The summed E-state index contributed by atoms with van der Waals surface area (Å²) in [6.07, 6.45) is 0.139. The lowest BCUT2D eigenvalue weighted by atomic mass is 10.1. The molecule has 0 saturated carbocycles. The maximum atomic E-state index is 11.6. The van der Waals surface area contributed by atoms with Crippen LogP contribution in [0.4, 0.5) is 11.4 Å². The fraction of sp³-hybridized carbons (Fsp3) is 0.133. The number of hydrogen-bond acceptors (Lipinski definition) is 7. The molecule has 0 aliphatic heterocycles. The van der Waals surface area contributed by atoms with Gasteiger partial charge in [0.05, 0.1) is 22.5 Å². The SMILES string of the molecule is O=[N+]([O-])c1ccc([C@@H](O)CN=Cc2cc([N+](=O)[O-])ccc2[O-])cc1. The molecule has 0 bridgehead atoms. The van der Waals surface area contributed by atoms with E-state index in [0.717, 1.165) is 24.4 Å². The molecule has 0 heterocycles. The van der Waals surface area contributed by atoms with Gasteiger partial charge in [0.25, 0.3) is 11.4 Å². The number of aliphatic imine (C=N–C) groups is 1. The molecule has 9 nitrogen and oxygen atoms in total. The first kappa shape index (κ1) is 17.0. The fourth-order valence-electron chi connectivity index (χ4n) is 1.92. The maximum absolute atomic E-state index is 11.6. The molecule has 2 aromatic rings. The Hall–Kier alpha value is -3.33. The highest BCUT2D eigenvalue weighted by Gasteiger charge is 2.10. The van der Waals surface area contributed by atoms with E-state index in [0.29, 0.717) is 5.56 Å². The highest BCUT2D eigenvalue weighted by Crippen LogP contribution is 2.20. The van der Waals surface area contributed by atoms with Crippen LogP contribution in [0.1, 0.15) is 17.2 Å². The van der Waals surface area contributed by atoms with E-state index in [9.17, 15) is 30.4 Å². The van der Waals surface area contributed by atoms with Crippen LogP contribution in [0.15, 0.2) is 47.5 Å². The summed E-state index contributed by atoms with van der Waals surface area (Å²) in [5.74, 6) is -0.422. The van der Waals surface area contributed by atoms with Gasteiger partial charge in [-0.1, -0.05) is 11.8 Å². The Morgan fingerprint density at radius 2 is 1.62 bits per heavy atom. The van der Waals surface area contributed by atoms with Gasteiger partial charge in [0.15, 0.2) is 0 Å². The Kier molecular flexibility index (Phi) is 5.17. The van der Waals surface area contributed by atoms with Gasteiger partial charge < -0.3 is 10.2 Å². The van der Waals surface area contributed by atoms with E-state index in [2.05, 4.69) is 4.99 Å². The van der Waals surface area contributed by atoms with Crippen molar-refractivity contribution >= 4 is 17.6 Å². The lowest BCUT2D eigenvalue weighted by Gasteiger charge is -2.10. The standard InChI is InChI=1S/C15H13N3O6/c19-14-6-5-13(18(23)24)7-11(14)8-16-9-15(20)10-1-3-12(4-2-10)17(21)22/h1-8,15,19-20H,9H2/p-1/t15-/m0/s1. The minimum absolute atomic E-state index is 0.0418. The number of nitrogens with zero attached hydrogens (tertiary/aromatic N) is 3. The summed E-state index contributed by atoms with van der Waals surface area (Å²) in [5, 5.41) is 42.8. The molecule has 0 aliphatic rings. The highest BCUT2D eigenvalue weighted by atomic mass is 16.6. The van der Waals surface area contributed by atoms with E-state index in [1.807, 2.05) is 0 Å². The minimum Gasteiger partial charge on any atom is -0.872 e. The molecular formula is C15H12N3O6-. The van der Waals surface area contributed by atoms with Crippen LogP contribution in [0.3, 0.4) is 0 Å². The van der Waals surface area contributed by atoms with E-state index in [1.165, 1.54) is 24.3 Å². The second-order valence-corrected chi connectivity index (χ2v) is 4.84. The molecule has 1 atom stereocenters. The third-order valence-corrected chi connectivity index (χ3v) is 3.20. The van der Waals surface area contributed by atoms with E-state index in [4.69, 9.17) is 0 Å². The average molecular weight is 330 g/mol. The summed E-state index contributed by atoms with van der Waals surface area (Å²) in [6.45, 7) is -0.0973. The number of benzene rings is 2. The molecule has 24 heavy (non-hydrogen) atoms. The van der Waals surface area contributed by atoms with Gasteiger partial charge in [0.1, 0.15) is 0 Å². The Bertz CT molecular complexity index is 788. The quantitative estimate of drug-likeness (QED) is 0.485. The Morgan fingerprint density at radius 3 is 2.21 bits per heavy atom. The van der Waals surface area contributed by atoms with Crippen LogP contribution in [-0.4, -0.2) is 27.7 Å². The topological polar surface area (TPSA) is 142 Å². The van der Waals surface area contributed by atoms with Gasteiger partial charge in [-0.15, -0.1) is 0 Å². The van der Waals surface area contributed by atoms with Gasteiger partial charge in [0, 0.05) is 30.5 Å². The lowest BCUT2D eigenvalue weighted by molar-refractivity contribution is -0.385. The van der Waals surface area contributed by atoms with Gasteiger partial charge >= 0.3 is 0 Å². The first-order valence-electron chi connectivity index (χ1n) is 6.76. The molecule has 0 spiro atoms. The first-order valence-corrected chi connectivity index (χ1v) is 6.76. The van der Waals surface area contributed by atoms with Crippen molar-refractivity contribution in [1.82, 2.24) is 0 Å². The summed E-state index contributed by atoms with van der Waals surface area (Å²) in [6, 6.07) is 8.62. The van der Waals surface area contributed by atoms with Crippen LogP contribution >= 0.6 is 0 Å². The number of hydrogen-bond donors (Lipinski definition) is 1. The second kappa shape index (κ2) is 7.29. The summed E-state index contributed by atoms with van der Waals surface area (Å²) in [4.78, 5) is 24.0. The predicted octanol–water partition coefficient (Wildman–Crippen LogP) is 1.73. The Labute approximate surface area is 135 Å². The molecule has 2 aromatic carbocycles. The van der Waals surface area contributed by atoms with Crippen molar-refractivity contribution < 1.29 is 20.1 Å². The zero-order chi connectivity index (χ0) is 17.7. The van der Waals surface area contributed by atoms with E-state index in [-0.39, 0.29) is 23.5 Å².